The van der Waals surface area contributed by atoms with E-state index in [1.807, 2.05) is 12.3 Å². The average molecular weight is 480 g/mol. The Labute approximate surface area is 176 Å². The van der Waals surface area contributed by atoms with E-state index in [9.17, 15) is 0 Å². The third kappa shape index (κ3) is 5.41. The van der Waals surface area contributed by atoms with Crippen molar-refractivity contribution in [3.05, 3.63) is 64.5 Å². The summed E-state index contributed by atoms with van der Waals surface area (Å²) in [6.07, 6.45) is 1.83. The Hall–Kier alpha value is -1.67. The van der Waals surface area contributed by atoms with Crippen molar-refractivity contribution in [3.63, 3.8) is 0 Å². The van der Waals surface area contributed by atoms with Gasteiger partial charge in [-0.25, -0.2) is 4.99 Å². The Morgan fingerprint density at radius 2 is 2.04 bits per heavy atom. The van der Waals surface area contributed by atoms with Gasteiger partial charge in [-0.15, -0.1) is 24.0 Å². The van der Waals surface area contributed by atoms with Gasteiger partial charge in [0.15, 0.2) is 5.96 Å². The van der Waals surface area contributed by atoms with Gasteiger partial charge in [-0.05, 0) is 46.9 Å². The summed E-state index contributed by atoms with van der Waals surface area (Å²) < 4.78 is 0. The predicted octanol–water partition coefficient (Wildman–Crippen LogP) is 4.77. The van der Waals surface area contributed by atoms with E-state index in [2.05, 4.69) is 70.6 Å². The molecule has 6 heteroatoms. The molecule has 2 aromatic heterocycles. The topological polar surface area (TPSA) is 49.3 Å². The number of thiophene rings is 1. The van der Waals surface area contributed by atoms with Crippen molar-refractivity contribution in [2.45, 2.75) is 26.3 Å². The molecule has 4 nitrogen and oxygen atoms in total. The maximum absolute atomic E-state index is 4.74. The maximum Gasteiger partial charge on any atom is 0.191 e. The summed E-state index contributed by atoms with van der Waals surface area (Å²) in [6, 6.07) is 12.5. The number of rotatable bonds is 6. The number of halogens is 1. The molecule has 2 heterocycles. The molecule has 1 atom stereocenters. The smallest absolute Gasteiger partial charge is 0.191 e. The number of para-hydroxylation sites is 1. The van der Waals surface area contributed by atoms with Crippen molar-refractivity contribution < 1.29 is 0 Å². The highest BCUT2D eigenvalue weighted by atomic mass is 127. The summed E-state index contributed by atoms with van der Waals surface area (Å²) in [5.41, 5.74) is 3.53. The second-order valence-corrected chi connectivity index (χ2v) is 6.81. The van der Waals surface area contributed by atoms with Crippen LogP contribution in [0.2, 0.25) is 0 Å². The number of nitrogens with zero attached hydrogens (tertiary/aromatic N) is 2. The molecule has 138 valence electrons. The number of aliphatic imine (C=N–C) groups is 1. The molecule has 0 spiro atoms. The average Bonchev–Trinajstić information content (AvgIpc) is 3.18. The molecule has 26 heavy (non-hydrogen) atoms. The van der Waals surface area contributed by atoms with E-state index in [1.165, 1.54) is 5.56 Å². The highest BCUT2D eigenvalue weighted by molar-refractivity contribution is 14.0. The number of aromatic nitrogens is 1. The number of hydrogen-bond acceptors (Lipinski definition) is 3. The van der Waals surface area contributed by atoms with Crippen LogP contribution in [0.3, 0.4) is 0 Å². The summed E-state index contributed by atoms with van der Waals surface area (Å²) >= 11 is 1.74. The molecule has 0 saturated heterocycles. The number of hydrogen-bond donors (Lipinski definition) is 2. The van der Waals surface area contributed by atoms with Crippen LogP contribution in [0.5, 0.6) is 0 Å². The zero-order chi connectivity index (χ0) is 17.5. The van der Waals surface area contributed by atoms with Crippen LogP contribution in [0.4, 0.5) is 0 Å². The monoisotopic (exact) mass is 480 g/mol. The Kier molecular flexibility index (Phi) is 8.31. The molecule has 1 unspecified atom stereocenters. The largest absolute Gasteiger partial charge is 0.357 e. The molecular formula is C20H25IN4S. The van der Waals surface area contributed by atoms with Crippen LogP contribution in [0.15, 0.2) is 58.3 Å². The fourth-order valence-electron chi connectivity index (χ4n) is 2.72. The summed E-state index contributed by atoms with van der Waals surface area (Å²) in [7, 11) is 0. The highest BCUT2D eigenvalue weighted by Gasteiger charge is 2.07. The van der Waals surface area contributed by atoms with Gasteiger partial charge in [-0.3, -0.25) is 4.98 Å². The molecule has 0 fully saturated rings. The van der Waals surface area contributed by atoms with Crippen LogP contribution in [0.1, 0.15) is 30.9 Å². The first-order chi connectivity index (χ1) is 12.3. The minimum atomic E-state index is 0. The molecule has 0 radical (unpaired) electrons. The molecule has 0 aliphatic carbocycles. The molecular weight excluding hydrogens is 455 g/mol. The SMILES string of the molecule is CCNC(=NCc1cccc2cccnc12)NCC(C)c1ccsc1.I. The molecule has 2 N–H and O–H groups in total. The predicted molar refractivity (Wildman–Crippen MR) is 123 cm³/mol. The Balaban J connectivity index is 0.00000243. The minimum absolute atomic E-state index is 0. The van der Waals surface area contributed by atoms with Crippen molar-refractivity contribution in [2.75, 3.05) is 13.1 Å². The molecule has 0 aliphatic heterocycles. The van der Waals surface area contributed by atoms with Crippen molar-refractivity contribution in [1.29, 1.82) is 0 Å². The molecule has 3 aromatic rings. The third-order valence-electron chi connectivity index (χ3n) is 4.16. The van der Waals surface area contributed by atoms with Crippen LogP contribution < -0.4 is 10.6 Å². The van der Waals surface area contributed by atoms with Crippen LogP contribution >= 0.6 is 35.3 Å². The van der Waals surface area contributed by atoms with Gasteiger partial charge in [-0.2, -0.15) is 11.3 Å². The van der Waals surface area contributed by atoms with Gasteiger partial charge in [0.05, 0.1) is 12.1 Å². The van der Waals surface area contributed by atoms with Gasteiger partial charge >= 0.3 is 0 Å². The Bertz CT molecular complexity index is 827. The van der Waals surface area contributed by atoms with E-state index in [1.54, 1.807) is 11.3 Å². The van der Waals surface area contributed by atoms with E-state index in [4.69, 9.17) is 4.99 Å². The van der Waals surface area contributed by atoms with Crippen molar-refractivity contribution in [1.82, 2.24) is 15.6 Å². The van der Waals surface area contributed by atoms with Gasteiger partial charge in [0.25, 0.3) is 0 Å². The summed E-state index contributed by atoms with van der Waals surface area (Å²) in [6.45, 7) is 6.62. The fourth-order valence-corrected chi connectivity index (χ4v) is 3.51. The standard InChI is InChI=1S/C20H24N4S.HI/c1-3-21-20(23-12-15(2)18-9-11-25-14-18)24-13-17-7-4-6-16-8-5-10-22-19(16)17;/h4-11,14-15H,3,12-13H2,1-2H3,(H2,21,23,24);1H. The number of fused-ring (bicyclic) bond motifs is 1. The molecule has 3 rings (SSSR count). The number of benzene rings is 1. The lowest BCUT2D eigenvalue weighted by Gasteiger charge is -2.15. The number of nitrogens with one attached hydrogen (secondary N) is 2. The highest BCUT2D eigenvalue weighted by Crippen LogP contribution is 2.18. The Morgan fingerprint density at radius 3 is 2.81 bits per heavy atom. The van der Waals surface area contributed by atoms with E-state index in [0.717, 1.165) is 35.5 Å². The second kappa shape index (κ2) is 10.5. The quantitative estimate of drug-likeness (QED) is 0.304. The zero-order valence-electron chi connectivity index (χ0n) is 15.1. The lowest BCUT2D eigenvalue weighted by atomic mass is 10.1. The van der Waals surface area contributed by atoms with Crippen LogP contribution in [-0.4, -0.2) is 24.0 Å². The first-order valence-electron chi connectivity index (χ1n) is 8.65. The van der Waals surface area contributed by atoms with Crippen LogP contribution in [0.25, 0.3) is 10.9 Å². The molecule has 0 aliphatic rings. The van der Waals surface area contributed by atoms with Gasteiger partial charge < -0.3 is 10.6 Å². The van der Waals surface area contributed by atoms with Gasteiger partial charge in [-0.1, -0.05) is 31.2 Å². The maximum atomic E-state index is 4.74. The lowest BCUT2D eigenvalue weighted by Crippen LogP contribution is -2.39. The first-order valence-corrected chi connectivity index (χ1v) is 9.59. The summed E-state index contributed by atoms with van der Waals surface area (Å²) in [4.78, 5) is 9.25. The van der Waals surface area contributed by atoms with E-state index in [-0.39, 0.29) is 24.0 Å². The fraction of sp³-hybridized carbons (Fsp3) is 0.300. The van der Waals surface area contributed by atoms with E-state index in [0.29, 0.717) is 12.5 Å². The van der Waals surface area contributed by atoms with Crippen molar-refractivity contribution in [2.24, 2.45) is 4.99 Å². The molecule has 0 amide bonds. The normalized spacial score (nSPS) is 12.5. The Morgan fingerprint density at radius 1 is 1.19 bits per heavy atom. The molecule has 1 aromatic carbocycles. The zero-order valence-corrected chi connectivity index (χ0v) is 18.3. The van der Waals surface area contributed by atoms with Crippen LogP contribution in [0, 0.1) is 0 Å². The van der Waals surface area contributed by atoms with E-state index >= 15 is 0 Å². The second-order valence-electron chi connectivity index (χ2n) is 6.03. The third-order valence-corrected chi connectivity index (χ3v) is 4.86. The number of pyridine rings is 1. The summed E-state index contributed by atoms with van der Waals surface area (Å²) in [5, 5.41) is 12.3. The van der Waals surface area contributed by atoms with Crippen molar-refractivity contribution in [3.8, 4) is 0 Å². The molecule has 0 bridgehead atoms. The van der Waals surface area contributed by atoms with E-state index < -0.39 is 0 Å². The van der Waals surface area contributed by atoms with Gasteiger partial charge in [0, 0.05) is 24.7 Å². The first kappa shape index (κ1) is 20.6. The minimum Gasteiger partial charge on any atom is -0.357 e. The van der Waals surface area contributed by atoms with Crippen LogP contribution in [-0.2, 0) is 6.54 Å². The van der Waals surface area contributed by atoms with Crippen molar-refractivity contribution >= 4 is 52.2 Å². The molecule has 0 saturated carbocycles. The number of guanidine groups is 1. The summed E-state index contributed by atoms with van der Waals surface area (Å²) in [5.74, 6) is 1.30. The van der Waals surface area contributed by atoms with Gasteiger partial charge in [0.2, 0.25) is 0 Å². The lowest BCUT2D eigenvalue weighted by molar-refractivity contribution is 0.702. The van der Waals surface area contributed by atoms with Gasteiger partial charge in [0.1, 0.15) is 0 Å².